The number of hydrogen-bond donors (Lipinski definition) is 0. The number of nitro benzene ring substituents is 1. The van der Waals surface area contributed by atoms with E-state index < -0.39 is 10.5 Å². The molecule has 0 fully saturated rings. The standard InChI is InChI=1S/C24H26N6O4/c1-15(2)9-10-28-16(3)11-18(17(28)4)22(31)13-27-14-25-23-19(24(27)32)12-26-29(23)20-7-5-6-8-21(20)30(33)34/h5-8,11-12,14-15H,9-10,13H2,1-4H3. The Morgan fingerprint density at radius 2 is 1.94 bits per heavy atom. The molecule has 0 amide bonds. The van der Waals surface area contributed by atoms with E-state index in [9.17, 15) is 19.7 Å². The van der Waals surface area contributed by atoms with Gasteiger partial charge in [0.05, 0.1) is 17.7 Å². The molecule has 0 aliphatic carbocycles. The molecule has 0 aliphatic rings. The Morgan fingerprint density at radius 1 is 1.21 bits per heavy atom. The lowest BCUT2D eigenvalue weighted by atomic mass is 10.1. The summed E-state index contributed by atoms with van der Waals surface area (Å²) in [5, 5.41) is 15.7. The third kappa shape index (κ3) is 4.14. The number of nitrogens with zero attached hydrogens (tertiary/aromatic N) is 6. The Labute approximate surface area is 195 Å². The quantitative estimate of drug-likeness (QED) is 0.223. The number of fused-ring (bicyclic) bond motifs is 1. The first-order chi connectivity index (χ1) is 16.2. The van der Waals surface area contributed by atoms with Crippen LogP contribution in [0.2, 0.25) is 0 Å². The van der Waals surface area contributed by atoms with E-state index in [1.165, 1.54) is 33.9 Å². The maximum absolute atomic E-state index is 13.1. The Hall–Kier alpha value is -4.08. The zero-order valence-corrected chi connectivity index (χ0v) is 19.6. The highest BCUT2D eigenvalue weighted by Crippen LogP contribution is 2.24. The summed E-state index contributed by atoms with van der Waals surface area (Å²) in [6, 6.07) is 7.96. The molecule has 0 unspecified atom stereocenters. The number of ketones is 1. The van der Waals surface area contributed by atoms with Gasteiger partial charge in [0.2, 0.25) is 0 Å². The van der Waals surface area contributed by atoms with Crippen LogP contribution in [0, 0.1) is 29.9 Å². The second-order valence-electron chi connectivity index (χ2n) is 8.76. The number of aromatic nitrogens is 5. The van der Waals surface area contributed by atoms with E-state index in [-0.39, 0.29) is 34.7 Å². The van der Waals surface area contributed by atoms with Gasteiger partial charge in [-0.05, 0) is 38.3 Å². The first-order valence-electron chi connectivity index (χ1n) is 11.1. The van der Waals surface area contributed by atoms with Crippen molar-refractivity contribution in [3.8, 4) is 5.69 Å². The van der Waals surface area contributed by atoms with E-state index in [0.717, 1.165) is 24.4 Å². The van der Waals surface area contributed by atoms with Crippen LogP contribution in [0.1, 0.15) is 42.0 Å². The van der Waals surface area contributed by atoms with Gasteiger partial charge in [0.25, 0.3) is 11.2 Å². The van der Waals surface area contributed by atoms with E-state index in [1.54, 1.807) is 12.1 Å². The number of rotatable bonds is 8. The number of para-hydroxylation sites is 2. The minimum atomic E-state index is -0.514. The molecule has 4 rings (SSSR count). The summed E-state index contributed by atoms with van der Waals surface area (Å²) in [6.07, 6.45) is 3.61. The van der Waals surface area contributed by atoms with Gasteiger partial charge in [-0.1, -0.05) is 26.0 Å². The van der Waals surface area contributed by atoms with Crippen molar-refractivity contribution >= 4 is 22.5 Å². The predicted molar refractivity (Wildman–Crippen MR) is 127 cm³/mol. The summed E-state index contributed by atoms with van der Waals surface area (Å²) < 4.78 is 4.65. The number of benzene rings is 1. The van der Waals surface area contributed by atoms with Crippen molar-refractivity contribution in [2.45, 2.75) is 47.2 Å². The average Bonchev–Trinajstić information content (AvgIpc) is 3.35. The van der Waals surface area contributed by atoms with Crippen LogP contribution in [-0.4, -0.2) is 34.6 Å². The van der Waals surface area contributed by atoms with Gasteiger partial charge in [-0.3, -0.25) is 24.3 Å². The molecule has 0 saturated carbocycles. The number of hydrogen-bond acceptors (Lipinski definition) is 6. The zero-order valence-electron chi connectivity index (χ0n) is 19.6. The average molecular weight is 463 g/mol. The smallest absolute Gasteiger partial charge is 0.294 e. The van der Waals surface area contributed by atoms with Gasteiger partial charge in [0.15, 0.2) is 11.4 Å². The molecular weight excluding hydrogens is 436 g/mol. The Bertz CT molecular complexity index is 1460. The molecule has 176 valence electrons. The van der Waals surface area contributed by atoms with E-state index in [1.807, 2.05) is 19.9 Å². The number of Topliss-reactive ketones (excluding diaryl/α,β-unsaturated/α-hetero) is 1. The van der Waals surface area contributed by atoms with Crippen LogP contribution in [-0.2, 0) is 13.1 Å². The SMILES string of the molecule is Cc1cc(C(=O)Cn2cnc3c(cnn3-c3ccccc3[N+](=O)[O-])c2=O)c(C)n1CCC(C)C. The number of nitro groups is 1. The molecule has 1 aromatic carbocycles. The highest BCUT2D eigenvalue weighted by Gasteiger charge is 2.21. The van der Waals surface area contributed by atoms with Crippen LogP contribution in [0.5, 0.6) is 0 Å². The van der Waals surface area contributed by atoms with Crippen LogP contribution in [0.25, 0.3) is 16.7 Å². The molecule has 0 bridgehead atoms. The molecule has 10 heteroatoms. The van der Waals surface area contributed by atoms with Crippen LogP contribution < -0.4 is 5.56 Å². The minimum absolute atomic E-state index is 0.151. The third-order valence-electron chi connectivity index (χ3n) is 5.98. The van der Waals surface area contributed by atoms with Crippen molar-refractivity contribution in [3.63, 3.8) is 0 Å². The zero-order chi connectivity index (χ0) is 24.6. The fourth-order valence-electron chi connectivity index (χ4n) is 4.09. The fourth-order valence-corrected chi connectivity index (χ4v) is 4.09. The van der Waals surface area contributed by atoms with Gasteiger partial charge in [-0.25, -0.2) is 9.67 Å². The number of carbonyl (C=O) groups excluding carboxylic acids is 1. The highest BCUT2D eigenvalue weighted by atomic mass is 16.6. The maximum atomic E-state index is 13.1. The van der Waals surface area contributed by atoms with Gasteiger partial charge in [0, 0.05) is 29.6 Å². The molecule has 0 radical (unpaired) electrons. The molecule has 0 aliphatic heterocycles. The largest absolute Gasteiger partial charge is 0.348 e. The molecular formula is C24H26N6O4. The van der Waals surface area contributed by atoms with Crippen molar-refractivity contribution < 1.29 is 9.72 Å². The van der Waals surface area contributed by atoms with E-state index in [2.05, 4.69) is 28.5 Å². The van der Waals surface area contributed by atoms with Crippen molar-refractivity contribution in [2.75, 3.05) is 0 Å². The van der Waals surface area contributed by atoms with Crippen molar-refractivity contribution in [3.05, 3.63) is 80.3 Å². The van der Waals surface area contributed by atoms with Crippen LogP contribution in [0.4, 0.5) is 5.69 Å². The van der Waals surface area contributed by atoms with Crippen LogP contribution in [0.15, 0.2) is 47.7 Å². The lowest BCUT2D eigenvalue weighted by molar-refractivity contribution is -0.384. The summed E-state index contributed by atoms with van der Waals surface area (Å²) in [4.78, 5) is 41.3. The molecule has 3 heterocycles. The predicted octanol–water partition coefficient (Wildman–Crippen LogP) is 3.84. The highest BCUT2D eigenvalue weighted by molar-refractivity contribution is 5.97. The topological polar surface area (TPSA) is 118 Å². The van der Waals surface area contributed by atoms with Gasteiger partial charge < -0.3 is 4.57 Å². The van der Waals surface area contributed by atoms with Gasteiger partial charge in [0.1, 0.15) is 17.4 Å². The van der Waals surface area contributed by atoms with Gasteiger partial charge in [-0.2, -0.15) is 5.10 Å². The van der Waals surface area contributed by atoms with Crippen LogP contribution >= 0.6 is 0 Å². The maximum Gasteiger partial charge on any atom is 0.294 e. The molecule has 10 nitrogen and oxygen atoms in total. The van der Waals surface area contributed by atoms with Gasteiger partial charge in [-0.15, -0.1) is 0 Å². The minimum Gasteiger partial charge on any atom is -0.348 e. The van der Waals surface area contributed by atoms with E-state index >= 15 is 0 Å². The third-order valence-corrected chi connectivity index (χ3v) is 5.98. The molecule has 4 aromatic rings. The van der Waals surface area contributed by atoms with E-state index in [4.69, 9.17) is 0 Å². The monoisotopic (exact) mass is 462 g/mol. The van der Waals surface area contributed by atoms with Crippen molar-refractivity contribution in [1.29, 1.82) is 0 Å². The molecule has 0 spiro atoms. The molecule has 3 aromatic heterocycles. The summed E-state index contributed by atoms with van der Waals surface area (Å²) in [7, 11) is 0. The molecule has 34 heavy (non-hydrogen) atoms. The van der Waals surface area contributed by atoms with Gasteiger partial charge >= 0.3 is 0 Å². The molecule has 0 saturated heterocycles. The molecule has 0 atom stereocenters. The fraction of sp³-hybridized carbons (Fsp3) is 0.333. The first kappa shape index (κ1) is 23.1. The Kier molecular flexibility index (Phi) is 6.14. The summed E-state index contributed by atoms with van der Waals surface area (Å²) >= 11 is 0. The molecule has 0 N–H and O–H groups in total. The van der Waals surface area contributed by atoms with Crippen molar-refractivity contribution in [2.24, 2.45) is 5.92 Å². The Morgan fingerprint density at radius 3 is 2.65 bits per heavy atom. The summed E-state index contributed by atoms with van der Waals surface area (Å²) in [6.45, 7) is 8.89. The summed E-state index contributed by atoms with van der Waals surface area (Å²) in [5.74, 6) is 0.369. The van der Waals surface area contributed by atoms with Crippen LogP contribution in [0.3, 0.4) is 0 Å². The Balaban J connectivity index is 1.66. The van der Waals surface area contributed by atoms with E-state index in [0.29, 0.717) is 11.5 Å². The number of aryl methyl sites for hydroxylation is 1. The lowest BCUT2D eigenvalue weighted by Crippen LogP contribution is -2.25. The second-order valence-corrected chi connectivity index (χ2v) is 8.76. The normalized spacial score (nSPS) is 11.4. The lowest BCUT2D eigenvalue weighted by Gasteiger charge is -2.11. The summed E-state index contributed by atoms with van der Waals surface area (Å²) in [5.41, 5.74) is 2.29. The first-order valence-corrected chi connectivity index (χ1v) is 11.1. The second kappa shape index (κ2) is 9.05. The number of carbonyl (C=O) groups is 1. The van der Waals surface area contributed by atoms with Crippen molar-refractivity contribution in [1.82, 2.24) is 23.9 Å².